The van der Waals surface area contributed by atoms with Crippen molar-refractivity contribution in [2.75, 3.05) is 20.8 Å². The summed E-state index contributed by atoms with van der Waals surface area (Å²) in [5.74, 6) is 1.07. The van der Waals surface area contributed by atoms with Gasteiger partial charge < -0.3 is 24.4 Å². The Labute approximate surface area is 86.8 Å². The van der Waals surface area contributed by atoms with Crippen LogP contribution in [-0.4, -0.2) is 31.0 Å². The average Bonchev–Trinajstić information content (AvgIpc) is 2.61. The summed E-state index contributed by atoms with van der Waals surface area (Å²) in [4.78, 5) is 0. The molecule has 1 aliphatic rings. The Kier molecular flexibility index (Phi) is 2.32. The van der Waals surface area contributed by atoms with Crippen molar-refractivity contribution in [3.63, 3.8) is 0 Å². The van der Waals surface area contributed by atoms with Gasteiger partial charge in [-0.3, -0.25) is 0 Å². The van der Waals surface area contributed by atoms with Crippen LogP contribution in [0.5, 0.6) is 23.0 Å². The Morgan fingerprint density at radius 2 is 2.13 bits per heavy atom. The van der Waals surface area contributed by atoms with Crippen molar-refractivity contribution in [1.29, 1.82) is 0 Å². The molecule has 0 saturated carbocycles. The number of methoxy groups -OCH3 is 2. The van der Waals surface area contributed by atoms with Gasteiger partial charge in [0.1, 0.15) is 18.5 Å². The Hall–Kier alpha value is -1.62. The SMILES string of the molecule is COc1cc(O)c2c(c1OC)OCC2O. The van der Waals surface area contributed by atoms with Gasteiger partial charge in [-0.05, 0) is 0 Å². The highest BCUT2D eigenvalue weighted by Crippen LogP contribution is 2.50. The van der Waals surface area contributed by atoms with E-state index in [1.54, 1.807) is 0 Å². The molecule has 15 heavy (non-hydrogen) atoms. The van der Waals surface area contributed by atoms with Crippen LogP contribution in [0.3, 0.4) is 0 Å². The second kappa shape index (κ2) is 3.51. The zero-order chi connectivity index (χ0) is 11.0. The third-order valence-corrected chi connectivity index (χ3v) is 2.36. The smallest absolute Gasteiger partial charge is 0.203 e. The van der Waals surface area contributed by atoms with Crippen LogP contribution in [-0.2, 0) is 0 Å². The molecule has 0 spiro atoms. The molecule has 1 aromatic carbocycles. The second-order valence-corrected chi connectivity index (χ2v) is 3.20. The lowest BCUT2D eigenvalue weighted by Crippen LogP contribution is -1.97. The highest BCUT2D eigenvalue weighted by atomic mass is 16.5. The summed E-state index contributed by atoms with van der Waals surface area (Å²) >= 11 is 0. The van der Waals surface area contributed by atoms with Crippen molar-refractivity contribution in [1.82, 2.24) is 0 Å². The number of fused-ring (bicyclic) bond motifs is 1. The van der Waals surface area contributed by atoms with E-state index in [-0.39, 0.29) is 12.4 Å². The van der Waals surface area contributed by atoms with Gasteiger partial charge in [-0.25, -0.2) is 0 Å². The van der Waals surface area contributed by atoms with Crippen LogP contribution < -0.4 is 14.2 Å². The minimum absolute atomic E-state index is 0.0485. The topological polar surface area (TPSA) is 68.2 Å². The molecule has 0 radical (unpaired) electrons. The number of ether oxygens (including phenoxy) is 3. The summed E-state index contributed by atoms with van der Waals surface area (Å²) in [5, 5.41) is 19.2. The van der Waals surface area contributed by atoms with Crippen LogP contribution >= 0.6 is 0 Å². The molecule has 1 aliphatic heterocycles. The molecule has 0 amide bonds. The van der Waals surface area contributed by atoms with Crippen LogP contribution in [0, 0.1) is 0 Å². The molecule has 0 bridgehead atoms. The first kappa shape index (κ1) is 9.92. The summed E-state index contributed by atoms with van der Waals surface area (Å²) in [5.41, 5.74) is 0.354. The molecule has 2 rings (SSSR count). The number of phenolic OH excluding ortho intramolecular Hbond substituents is 1. The lowest BCUT2D eigenvalue weighted by Gasteiger charge is -2.12. The van der Waals surface area contributed by atoms with Gasteiger partial charge in [0.05, 0.1) is 19.8 Å². The highest BCUT2D eigenvalue weighted by Gasteiger charge is 2.31. The van der Waals surface area contributed by atoms with E-state index >= 15 is 0 Å². The zero-order valence-corrected chi connectivity index (χ0v) is 8.48. The van der Waals surface area contributed by atoms with Crippen molar-refractivity contribution in [2.24, 2.45) is 0 Å². The standard InChI is InChI=1S/C10H12O5/c1-13-7-3-5(11)8-6(12)4-15-10(8)9(7)14-2/h3,6,11-12H,4H2,1-2H3. The number of aliphatic hydroxyl groups is 1. The first-order valence-corrected chi connectivity index (χ1v) is 4.47. The first-order chi connectivity index (χ1) is 7.19. The molecule has 0 aromatic heterocycles. The summed E-state index contributed by atoms with van der Waals surface area (Å²) in [7, 11) is 2.94. The van der Waals surface area contributed by atoms with Crippen molar-refractivity contribution < 1.29 is 24.4 Å². The fourth-order valence-corrected chi connectivity index (χ4v) is 1.67. The number of aliphatic hydroxyl groups excluding tert-OH is 1. The number of hydrogen-bond acceptors (Lipinski definition) is 5. The third-order valence-electron chi connectivity index (χ3n) is 2.36. The fourth-order valence-electron chi connectivity index (χ4n) is 1.67. The largest absolute Gasteiger partial charge is 0.507 e. The molecule has 1 atom stereocenters. The fraction of sp³-hybridized carbons (Fsp3) is 0.400. The number of benzene rings is 1. The summed E-state index contributed by atoms with van der Waals surface area (Å²) < 4.78 is 15.4. The zero-order valence-electron chi connectivity index (χ0n) is 8.48. The first-order valence-electron chi connectivity index (χ1n) is 4.47. The molecule has 0 fully saturated rings. The second-order valence-electron chi connectivity index (χ2n) is 3.20. The van der Waals surface area contributed by atoms with Gasteiger partial charge in [-0.1, -0.05) is 0 Å². The Morgan fingerprint density at radius 1 is 1.40 bits per heavy atom. The summed E-state index contributed by atoms with van der Waals surface area (Å²) in [6, 6.07) is 1.40. The monoisotopic (exact) mass is 212 g/mol. The molecule has 0 saturated heterocycles. The Bertz CT molecular complexity index is 388. The summed E-state index contributed by atoms with van der Waals surface area (Å²) in [6.45, 7) is 0.117. The Morgan fingerprint density at radius 3 is 2.73 bits per heavy atom. The van der Waals surface area contributed by atoms with Gasteiger partial charge in [-0.15, -0.1) is 0 Å². The van der Waals surface area contributed by atoms with Gasteiger partial charge in [0.2, 0.25) is 5.75 Å². The molecular formula is C10H12O5. The van der Waals surface area contributed by atoms with Crippen LogP contribution in [0.4, 0.5) is 0 Å². The average molecular weight is 212 g/mol. The number of aromatic hydroxyl groups is 1. The summed E-state index contributed by atoms with van der Waals surface area (Å²) in [6.07, 6.45) is -0.820. The molecule has 0 aliphatic carbocycles. The maximum Gasteiger partial charge on any atom is 0.203 e. The third kappa shape index (κ3) is 1.35. The quantitative estimate of drug-likeness (QED) is 0.760. The number of rotatable bonds is 2. The van der Waals surface area contributed by atoms with E-state index < -0.39 is 6.10 Å². The van der Waals surface area contributed by atoms with Crippen molar-refractivity contribution in [3.05, 3.63) is 11.6 Å². The van der Waals surface area contributed by atoms with E-state index in [1.807, 2.05) is 0 Å². The van der Waals surface area contributed by atoms with E-state index in [0.29, 0.717) is 22.8 Å². The van der Waals surface area contributed by atoms with Gasteiger partial charge in [0.15, 0.2) is 11.5 Å². The predicted octanol–water partition coefficient (Wildman–Crippen LogP) is 0.835. The van der Waals surface area contributed by atoms with Crippen LogP contribution in [0.2, 0.25) is 0 Å². The number of phenols is 1. The van der Waals surface area contributed by atoms with E-state index in [9.17, 15) is 10.2 Å². The van der Waals surface area contributed by atoms with E-state index in [4.69, 9.17) is 14.2 Å². The molecule has 82 valence electrons. The molecular weight excluding hydrogens is 200 g/mol. The van der Waals surface area contributed by atoms with Crippen LogP contribution in [0.1, 0.15) is 11.7 Å². The molecule has 1 aromatic rings. The van der Waals surface area contributed by atoms with Crippen molar-refractivity contribution in [3.8, 4) is 23.0 Å². The number of hydrogen-bond donors (Lipinski definition) is 2. The van der Waals surface area contributed by atoms with Crippen LogP contribution in [0.15, 0.2) is 6.07 Å². The van der Waals surface area contributed by atoms with Crippen LogP contribution in [0.25, 0.3) is 0 Å². The van der Waals surface area contributed by atoms with Crippen molar-refractivity contribution in [2.45, 2.75) is 6.10 Å². The maximum absolute atomic E-state index is 9.66. The van der Waals surface area contributed by atoms with E-state index in [0.717, 1.165) is 0 Å². The van der Waals surface area contributed by atoms with Gasteiger partial charge in [0.25, 0.3) is 0 Å². The normalized spacial score (nSPS) is 18.2. The van der Waals surface area contributed by atoms with E-state index in [1.165, 1.54) is 20.3 Å². The highest BCUT2D eigenvalue weighted by molar-refractivity contribution is 5.63. The minimum atomic E-state index is -0.820. The lowest BCUT2D eigenvalue weighted by atomic mass is 10.1. The Balaban J connectivity index is 2.64. The van der Waals surface area contributed by atoms with Crippen molar-refractivity contribution >= 4 is 0 Å². The van der Waals surface area contributed by atoms with Gasteiger partial charge in [0, 0.05) is 6.07 Å². The minimum Gasteiger partial charge on any atom is -0.507 e. The maximum atomic E-state index is 9.66. The molecule has 1 unspecified atom stereocenters. The molecule has 5 nitrogen and oxygen atoms in total. The molecule has 5 heteroatoms. The van der Waals surface area contributed by atoms with E-state index in [2.05, 4.69) is 0 Å². The molecule has 1 heterocycles. The van der Waals surface area contributed by atoms with Gasteiger partial charge in [-0.2, -0.15) is 0 Å². The lowest BCUT2D eigenvalue weighted by molar-refractivity contribution is 0.138. The molecule has 2 N–H and O–H groups in total. The van der Waals surface area contributed by atoms with Gasteiger partial charge >= 0.3 is 0 Å². The predicted molar refractivity (Wildman–Crippen MR) is 51.7 cm³/mol.